The van der Waals surface area contributed by atoms with Gasteiger partial charge in [0.15, 0.2) is 5.82 Å². The highest BCUT2D eigenvalue weighted by Gasteiger charge is 2.33. The summed E-state index contributed by atoms with van der Waals surface area (Å²) in [7, 11) is 0. The van der Waals surface area contributed by atoms with E-state index in [-0.39, 0.29) is 12.0 Å². The second-order valence-corrected chi connectivity index (χ2v) is 8.56. The van der Waals surface area contributed by atoms with Crippen LogP contribution in [0.4, 0.5) is 5.82 Å². The first-order valence-corrected chi connectivity index (χ1v) is 11.2. The molecule has 0 saturated carbocycles. The van der Waals surface area contributed by atoms with Gasteiger partial charge in [-0.2, -0.15) is 0 Å². The summed E-state index contributed by atoms with van der Waals surface area (Å²) in [6.07, 6.45) is 5.59. The fourth-order valence-electron chi connectivity index (χ4n) is 4.31. The van der Waals surface area contributed by atoms with Gasteiger partial charge in [0.05, 0.1) is 0 Å². The van der Waals surface area contributed by atoms with Gasteiger partial charge in [-0.3, -0.25) is 4.98 Å². The van der Waals surface area contributed by atoms with Crippen LogP contribution in [0.15, 0.2) is 65.3 Å². The van der Waals surface area contributed by atoms with Crippen LogP contribution in [0.3, 0.4) is 0 Å². The molecule has 0 spiro atoms. The summed E-state index contributed by atoms with van der Waals surface area (Å²) >= 11 is 0. The third-order valence-electron chi connectivity index (χ3n) is 5.85. The molecule has 0 radical (unpaired) electrons. The van der Waals surface area contributed by atoms with E-state index in [1.165, 1.54) is 0 Å². The van der Waals surface area contributed by atoms with Crippen molar-refractivity contribution in [3.63, 3.8) is 0 Å². The second kappa shape index (κ2) is 8.54. The lowest BCUT2D eigenvalue weighted by Gasteiger charge is -2.24. The number of aryl methyl sites for hydroxylation is 1. The third kappa shape index (κ3) is 3.88. The van der Waals surface area contributed by atoms with Crippen LogP contribution < -0.4 is 4.90 Å². The van der Waals surface area contributed by atoms with Crippen molar-refractivity contribution in [1.29, 1.82) is 0 Å². The lowest BCUT2D eigenvalue weighted by atomic mass is 10.0. The molecule has 3 aromatic heterocycles. The van der Waals surface area contributed by atoms with Gasteiger partial charge in [0.2, 0.25) is 5.89 Å². The van der Waals surface area contributed by atoms with Gasteiger partial charge in [0, 0.05) is 47.7 Å². The van der Waals surface area contributed by atoms with Crippen LogP contribution in [0.2, 0.25) is 0 Å². The number of rotatable bonds is 5. The number of oxazole rings is 1. The van der Waals surface area contributed by atoms with Crippen molar-refractivity contribution in [3.05, 3.63) is 78.3 Å². The second-order valence-electron chi connectivity index (χ2n) is 8.56. The summed E-state index contributed by atoms with van der Waals surface area (Å²) in [6.45, 7) is 7.23. The molecule has 4 heterocycles. The molecule has 0 N–H and O–H groups in total. The van der Waals surface area contributed by atoms with Crippen molar-refractivity contribution in [2.75, 3.05) is 11.4 Å². The normalized spacial score (nSPS) is 16.1. The molecule has 162 valence electrons. The molecule has 1 atom stereocenters. The molecule has 5 rings (SSSR count). The number of nitrogens with zero attached hydrogens (tertiary/aromatic N) is 5. The van der Waals surface area contributed by atoms with Crippen molar-refractivity contribution < 1.29 is 4.42 Å². The van der Waals surface area contributed by atoms with Crippen LogP contribution in [0.25, 0.3) is 22.6 Å². The zero-order valence-electron chi connectivity index (χ0n) is 18.7. The lowest BCUT2D eigenvalue weighted by Crippen LogP contribution is -2.24. The minimum atomic E-state index is 0.0598. The van der Waals surface area contributed by atoms with Crippen LogP contribution >= 0.6 is 0 Å². The molecule has 1 unspecified atom stereocenters. The van der Waals surface area contributed by atoms with Gasteiger partial charge in [-0.1, -0.05) is 44.2 Å². The predicted octanol–water partition coefficient (Wildman–Crippen LogP) is 5.97. The first kappa shape index (κ1) is 20.4. The van der Waals surface area contributed by atoms with E-state index >= 15 is 0 Å². The molecule has 1 aliphatic rings. The van der Waals surface area contributed by atoms with Gasteiger partial charge in [0.25, 0.3) is 0 Å². The van der Waals surface area contributed by atoms with Crippen molar-refractivity contribution in [1.82, 2.24) is 19.9 Å². The molecule has 0 bridgehead atoms. The molecule has 32 heavy (non-hydrogen) atoms. The largest absolute Gasteiger partial charge is 0.442 e. The highest BCUT2D eigenvalue weighted by atomic mass is 16.4. The monoisotopic (exact) mass is 425 g/mol. The van der Waals surface area contributed by atoms with Crippen LogP contribution in [0.1, 0.15) is 56.0 Å². The van der Waals surface area contributed by atoms with Crippen molar-refractivity contribution >= 4 is 5.82 Å². The Balaban J connectivity index is 1.53. The quantitative estimate of drug-likeness (QED) is 0.393. The van der Waals surface area contributed by atoms with E-state index in [1.807, 2.05) is 43.3 Å². The van der Waals surface area contributed by atoms with Crippen LogP contribution in [-0.2, 0) is 0 Å². The first-order chi connectivity index (χ1) is 15.6. The van der Waals surface area contributed by atoms with Gasteiger partial charge in [-0.25, -0.2) is 15.0 Å². The van der Waals surface area contributed by atoms with Crippen molar-refractivity contribution in [2.24, 2.45) is 0 Å². The molecule has 6 heteroatoms. The first-order valence-electron chi connectivity index (χ1n) is 11.2. The number of hydrogen-bond donors (Lipinski definition) is 0. The average Bonchev–Trinajstić information content (AvgIpc) is 3.47. The Morgan fingerprint density at radius 2 is 1.75 bits per heavy atom. The van der Waals surface area contributed by atoms with E-state index in [0.29, 0.717) is 5.82 Å². The van der Waals surface area contributed by atoms with E-state index in [0.717, 1.165) is 59.4 Å². The zero-order chi connectivity index (χ0) is 22.1. The minimum Gasteiger partial charge on any atom is -0.442 e. The summed E-state index contributed by atoms with van der Waals surface area (Å²) in [4.78, 5) is 21.0. The van der Waals surface area contributed by atoms with Crippen LogP contribution in [0, 0.1) is 6.92 Å². The SMILES string of the molecule is Cc1cc(N2CCCC2c2nc(-c3ccccc3)c(C(C)C)o2)nc(-c2ccncc2)n1. The van der Waals surface area contributed by atoms with E-state index in [4.69, 9.17) is 14.4 Å². The highest BCUT2D eigenvalue weighted by Crippen LogP contribution is 2.39. The standard InChI is InChI=1S/C26H27N5O/c1-17(2)24-23(19-8-5-4-6-9-19)30-26(32-24)21-10-7-15-31(21)22-16-18(3)28-25(29-22)20-11-13-27-14-12-20/h4-6,8-9,11-14,16-17,21H,7,10,15H2,1-3H3. The molecule has 6 nitrogen and oxygen atoms in total. The maximum Gasteiger partial charge on any atom is 0.217 e. The van der Waals surface area contributed by atoms with E-state index in [9.17, 15) is 0 Å². The Morgan fingerprint density at radius 3 is 2.50 bits per heavy atom. The molecular weight excluding hydrogens is 398 g/mol. The Hall–Kier alpha value is -3.54. The maximum atomic E-state index is 6.41. The van der Waals surface area contributed by atoms with Gasteiger partial charge in [-0.05, 0) is 31.9 Å². The fourth-order valence-corrected chi connectivity index (χ4v) is 4.31. The Bertz CT molecular complexity index is 1200. The van der Waals surface area contributed by atoms with Crippen LogP contribution in [0.5, 0.6) is 0 Å². The predicted molar refractivity (Wildman–Crippen MR) is 125 cm³/mol. The van der Waals surface area contributed by atoms with Gasteiger partial charge in [0.1, 0.15) is 23.3 Å². The summed E-state index contributed by atoms with van der Waals surface area (Å²) in [6, 6.07) is 16.3. The van der Waals surface area contributed by atoms with E-state index in [2.05, 4.69) is 40.8 Å². The van der Waals surface area contributed by atoms with Crippen molar-refractivity contribution in [3.8, 4) is 22.6 Å². The number of anilines is 1. The highest BCUT2D eigenvalue weighted by molar-refractivity contribution is 5.62. The summed E-state index contributed by atoms with van der Waals surface area (Å²) in [5.74, 6) is 3.59. The molecule has 1 aliphatic heterocycles. The summed E-state index contributed by atoms with van der Waals surface area (Å²) in [5, 5.41) is 0. The average molecular weight is 426 g/mol. The van der Waals surface area contributed by atoms with Gasteiger partial charge < -0.3 is 9.32 Å². The minimum absolute atomic E-state index is 0.0598. The molecule has 4 aromatic rings. The molecule has 0 aliphatic carbocycles. The summed E-state index contributed by atoms with van der Waals surface area (Å²) in [5.41, 5.74) is 3.94. The van der Waals surface area contributed by atoms with Crippen molar-refractivity contribution in [2.45, 2.75) is 45.6 Å². The zero-order valence-corrected chi connectivity index (χ0v) is 18.7. The van der Waals surface area contributed by atoms with Gasteiger partial charge in [-0.15, -0.1) is 0 Å². The Labute approximate surface area is 188 Å². The Kier molecular flexibility index (Phi) is 5.43. The van der Waals surface area contributed by atoms with E-state index in [1.54, 1.807) is 12.4 Å². The molecular formula is C26H27N5O. The number of hydrogen-bond acceptors (Lipinski definition) is 6. The maximum absolute atomic E-state index is 6.41. The molecule has 1 fully saturated rings. The van der Waals surface area contributed by atoms with E-state index < -0.39 is 0 Å². The molecule has 1 aromatic carbocycles. The molecule has 0 amide bonds. The Morgan fingerprint density at radius 1 is 0.969 bits per heavy atom. The smallest absolute Gasteiger partial charge is 0.217 e. The number of aromatic nitrogens is 4. The van der Waals surface area contributed by atoms with Crippen LogP contribution in [-0.4, -0.2) is 26.5 Å². The topological polar surface area (TPSA) is 67.9 Å². The third-order valence-corrected chi connectivity index (χ3v) is 5.85. The number of pyridine rings is 1. The fraction of sp³-hybridized carbons (Fsp3) is 0.308. The van der Waals surface area contributed by atoms with Gasteiger partial charge >= 0.3 is 0 Å². The lowest BCUT2D eigenvalue weighted by molar-refractivity contribution is 0.408. The number of benzene rings is 1. The summed E-state index contributed by atoms with van der Waals surface area (Å²) < 4.78 is 6.41. The molecule has 1 saturated heterocycles.